The molecule has 1 amide bonds. The molecule has 0 heterocycles. The molecule has 0 radical (unpaired) electrons. The molecule has 0 aliphatic heterocycles. The maximum Gasteiger partial charge on any atom is 0.405 e. The predicted octanol–water partition coefficient (Wildman–Crippen LogP) is 2.48. The number of hydrogen-bond donors (Lipinski definition) is 1. The highest BCUT2D eigenvalue weighted by Crippen LogP contribution is 2.12. The summed E-state index contributed by atoms with van der Waals surface area (Å²) in [6, 6.07) is 9.16. The van der Waals surface area contributed by atoms with E-state index in [-0.39, 0.29) is 5.75 Å². The average Bonchev–Trinajstić information content (AvgIpc) is 2.36. The Kier molecular flexibility index (Phi) is 6.55. The number of amides is 1. The van der Waals surface area contributed by atoms with Gasteiger partial charge < -0.3 is 10.1 Å². The first-order chi connectivity index (χ1) is 8.97. The lowest BCUT2D eigenvalue weighted by Gasteiger charge is -2.08. The van der Waals surface area contributed by atoms with Crippen molar-refractivity contribution in [3.05, 3.63) is 30.3 Å². The first-order valence-corrected chi connectivity index (χ1v) is 6.72. The molecule has 0 saturated carbocycles. The normalized spacial score (nSPS) is 11.1. The first kappa shape index (κ1) is 15.7. The van der Waals surface area contributed by atoms with Gasteiger partial charge in [-0.15, -0.1) is 11.8 Å². The highest BCUT2D eigenvalue weighted by molar-refractivity contribution is 7.99. The Morgan fingerprint density at radius 1 is 1.26 bits per heavy atom. The van der Waals surface area contributed by atoms with Gasteiger partial charge in [-0.1, -0.05) is 18.2 Å². The zero-order valence-corrected chi connectivity index (χ0v) is 10.9. The number of benzene rings is 1. The van der Waals surface area contributed by atoms with E-state index in [1.807, 2.05) is 18.2 Å². The minimum atomic E-state index is -4.36. The molecular formula is C12H14F3NO2S. The van der Waals surface area contributed by atoms with E-state index in [9.17, 15) is 18.0 Å². The van der Waals surface area contributed by atoms with E-state index in [2.05, 4.69) is 0 Å². The van der Waals surface area contributed by atoms with Gasteiger partial charge in [0, 0.05) is 5.75 Å². The molecule has 1 rings (SSSR count). The summed E-state index contributed by atoms with van der Waals surface area (Å²) in [5.41, 5.74) is 0. The van der Waals surface area contributed by atoms with Crippen LogP contribution in [0, 0.1) is 0 Å². The molecule has 0 saturated heterocycles. The second-order valence-corrected chi connectivity index (χ2v) is 4.71. The largest absolute Gasteiger partial charge is 0.493 e. The van der Waals surface area contributed by atoms with E-state index < -0.39 is 18.6 Å². The lowest BCUT2D eigenvalue weighted by Crippen LogP contribution is -2.34. The van der Waals surface area contributed by atoms with Gasteiger partial charge in [-0.2, -0.15) is 13.2 Å². The minimum Gasteiger partial charge on any atom is -0.493 e. The molecule has 0 aromatic heterocycles. The van der Waals surface area contributed by atoms with Crippen LogP contribution in [0.5, 0.6) is 5.75 Å². The topological polar surface area (TPSA) is 38.3 Å². The quantitative estimate of drug-likeness (QED) is 0.785. The summed E-state index contributed by atoms with van der Waals surface area (Å²) < 4.78 is 40.8. The molecule has 106 valence electrons. The Morgan fingerprint density at radius 3 is 2.58 bits per heavy atom. The number of halogens is 3. The van der Waals surface area contributed by atoms with Crippen molar-refractivity contribution in [1.29, 1.82) is 0 Å². The Labute approximate surface area is 113 Å². The molecule has 19 heavy (non-hydrogen) atoms. The fourth-order valence-corrected chi connectivity index (χ4v) is 1.78. The van der Waals surface area contributed by atoms with Crippen LogP contribution in [-0.4, -0.2) is 36.7 Å². The van der Waals surface area contributed by atoms with Crippen molar-refractivity contribution in [3.63, 3.8) is 0 Å². The van der Waals surface area contributed by atoms with Gasteiger partial charge in [0.1, 0.15) is 12.3 Å². The molecule has 0 unspecified atom stereocenters. The van der Waals surface area contributed by atoms with Gasteiger partial charge in [0.2, 0.25) is 5.91 Å². The molecule has 1 N–H and O–H groups in total. The van der Waals surface area contributed by atoms with Crippen LogP contribution in [0.4, 0.5) is 13.2 Å². The van der Waals surface area contributed by atoms with Crippen molar-refractivity contribution in [2.24, 2.45) is 0 Å². The number of nitrogens with one attached hydrogen (secondary N) is 1. The van der Waals surface area contributed by atoms with Crippen molar-refractivity contribution >= 4 is 17.7 Å². The van der Waals surface area contributed by atoms with E-state index in [4.69, 9.17) is 4.74 Å². The van der Waals surface area contributed by atoms with E-state index in [1.54, 1.807) is 17.4 Å². The number of carbonyl (C=O) groups is 1. The van der Waals surface area contributed by atoms with Crippen molar-refractivity contribution in [2.45, 2.75) is 6.18 Å². The molecule has 1 aromatic carbocycles. The second kappa shape index (κ2) is 7.93. The van der Waals surface area contributed by atoms with Gasteiger partial charge >= 0.3 is 6.18 Å². The predicted molar refractivity (Wildman–Crippen MR) is 68.3 cm³/mol. The van der Waals surface area contributed by atoms with E-state index >= 15 is 0 Å². The van der Waals surface area contributed by atoms with Gasteiger partial charge in [0.05, 0.1) is 12.4 Å². The number of ether oxygens (including phenoxy) is 1. The van der Waals surface area contributed by atoms with Crippen molar-refractivity contribution in [1.82, 2.24) is 5.32 Å². The van der Waals surface area contributed by atoms with E-state index in [0.29, 0.717) is 12.4 Å². The van der Waals surface area contributed by atoms with Crippen LogP contribution in [0.2, 0.25) is 0 Å². The molecule has 0 fully saturated rings. The Hall–Kier alpha value is -1.37. The van der Waals surface area contributed by atoms with E-state index in [0.717, 1.165) is 5.75 Å². The summed E-state index contributed by atoms with van der Waals surface area (Å²) in [5.74, 6) is 0.634. The first-order valence-electron chi connectivity index (χ1n) is 5.56. The number of alkyl halides is 3. The molecule has 7 heteroatoms. The molecule has 1 aromatic rings. The van der Waals surface area contributed by atoms with Crippen LogP contribution in [0.15, 0.2) is 30.3 Å². The molecular weight excluding hydrogens is 279 g/mol. The summed E-state index contributed by atoms with van der Waals surface area (Å²) in [7, 11) is 0. The number of carbonyl (C=O) groups excluding carboxylic acids is 1. The fourth-order valence-electron chi connectivity index (χ4n) is 1.15. The highest BCUT2D eigenvalue weighted by Gasteiger charge is 2.27. The Morgan fingerprint density at radius 2 is 1.95 bits per heavy atom. The van der Waals surface area contributed by atoms with Gasteiger partial charge in [0.15, 0.2) is 0 Å². The van der Waals surface area contributed by atoms with Crippen LogP contribution in [0.1, 0.15) is 0 Å². The smallest absolute Gasteiger partial charge is 0.405 e. The number of hydrogen-bond acceptors (Lipinski definition) is 3. The summed E-state index contributed by atoms with van der Waals surface area (Å²) in [4.78, 5) is 11.1. The fraction of sp³-hybridized carbons (Fsp3) is 0.417. The molecule has 0 spiro atoms. The Bertz CT molecular complexity index is 384. The molecule has 0 aliphatic carbocycles. The van der Waals surface area contributed by atoms with Gasteiger partial charge in [-0.05, 0) is 12.1 Å². The SMILES string of the molecule is O=C(CSCCOc1ccccc1)NCC(F)(F)F. The third kappa shape index (κ3) is 8.36. The minimum absolute atomic E-state index is 0.00572. The van der Waals surface area contributed by atoms with Crippen LogP contribution >= 0.6 is 11.8 Å². The van der Waals surface area contributed by atoms with Gasteiger partial charge in [0.25, 0.3) is 0 Å². The summed E-state index contributed by atoms with van der Waals surface area (Å²) in [6.45, 7) is -0.881. The van der Waals surface area contributed by atoms with Gasteiger partial charge in [-0.25, -0.2) is 0 Å². The molecule has 0 bridgehead atoms. The summed E-state index contributed by atoms with van der Waals surface area (Å²) >= 11 is 1.23. The van der Waals surface area contributed by atoms with Crippen LogP contribution in [0.3, 0.4) is 0 Å². The maximum atomic E-state index is 11.8. The third-order valence-corrected chi connectivity index (χ3v) is 2.88. The lowest BCUT2D eigenvalue weighted by atomic mass is 10.3. The monoisotopic (exact) mass is 293 g/mol. The number of thioether (sulfide) groups is 1. The standard InChI is InChI=1S/C12H14F3NO2S/c13-12(14,15)9-16-11(17)8-19-7-6-18-10-4-2-1-3-5-10/h1-5H,6-9H2,(H,16,17). The lowest BCUT2D eigenvalue weighted by molar-refractivity contribution is -0.136. The number of rotatable bonds is 7. The van der Waals surface area contributed by atoms with Crippen molar-refractivity contribution in [3.8, 4) is 5.75 Å². The zero-order valence-electron chi connectivity index (χ0n) is 10.1. The van der Waals surface area contributed by atoms with Crippen LogP contribution < -0.4 is 10.1 Å². The van der Waals surface area contributed by atoms with E-state index in [1.165, 1.54) is 11.8 Å². The van der Waals surface area contributed by atoms with Crippen molar-refractivity contribution < 1.29 is 22.7 Å². The van der Waals surface area contributed by atoms with Gasteiger partial charge in [-0.3, -0.25) is 4.79 Å². The zero-order chi connectivity index (χ0) is 14.1. The number of para-hydroxylation sites is 1. The Balaban J connectivity index is 2.03. The van der Waals surface area contributed by atoms with Crippen molar-refractivity contribution in [2.75, 3.05) is 24.7 Å². The summed E-state index contributed by atoms with van der Waals surface area (Å²) in [5, 5.41) is 1.81. The summed E-state index contributed by atoms with van der Waals surface area (Å²) in [6.07, 6.45) is -4.36. The highest BCUT2D eigenvalue weighted by atomic mass is 32.2. The maximum absolute atomic E-state index is 11.8. The average molecular weight is 293 g/mol. The molecule has 3 nitrogen and oxygen atoms in total. The second-order valence-electron chi connectivity index (χ2n) is 3.61. The molecule has 0 aliphatic rings. The molecule has 0 atom stereocenters. The van der Waals surface area contributed by atoms with Crippen LogP contribution in [0.25, 0.3) is 0 Å². The third-order valence-electron chi connectivity index (χ3n) is 1.96. The van der Waals surface area contributed by atoms with Crippen LogP contribution in [-0.2, 0) is 4.79 Å².